The highest BCUT2D eigenvalue weighted by molar-refractivity contribution is 5.97. The van der Waals surface area contributed by atoms with Crippen LogP contribution < -0.4 is 10.1 Å². The topological polar surface area (TPSA) is 98.1 Å². The average molecular weight is 445 g/mol. The van der Waals surface area contributed by atoms with Gasteiger partial charge in [-0.05, 0) is 18.6 Å². The normalized spacial score (nSPS) is 20.6. The molecule has 2 aliphatic rings. The summed E-state index contributed by atoms with van der Waals surface area (Å²) in [5.74, 6) is -0.415. The molecule has 1 fully saturated rings. The molecule has 5 rings (SSSR count). The molecule has 32 heavy (non-hydrogen) atoms. The molecule has 9 nitrogen and oxygen atoms in total. The number of carbonyl (C=O) groups excluding carboxylic acids is 1. The number of ether oxygens (including phenoxy) is 1. The first kappa shape index (κ1) is 20.4. The van der Waals surface area contributed by atoms with Gasteiger partial charge in [-0.3, -0.25) is 9.48 Å². The Morgan fingerprint density at radius 2 is 2.16 bits per heavy atom. The third-order valence-corrected chi connectivity index (χ3v) is 5.51. The lowest BCUT2D eigenvalue weighted by molar-refractivity contribution is -0.274. The Balaban J connectivity index is 1.31. The van der Waals surface area contributed by atoms with E-state index in [-0.39, 0.29) is 35.3 Å². The van der Waals surface area contributed by atoms with Crippen LogP contribution in [-0.2, 0) is 13.1 Å². The van der Waals surface area contributed by atoms with Crippen molar-refractivity contribution in [3.63, 3.8) is 0 Å². The summed E-state index contributed by atoms with van der Waals surface area (Å²) >= 11 is 0. The average Bonchev–Trinajstić information content (AvgIpc) is 3.48. The van der Waals surface area contributed by atoms with E-state index in [1.54, 1.807) is 34.2 Å². The summed E-state index contributed by atoms with van der Waals surface area (Å²) in [5.41, 5.74) is 1.30. The molecule has 166 valence electrons. The van der Waals surface area contributed by atoms with Crippen molar-refractivity contribution in [3.8, 4) is 17.1 Å². The van der Waals surface area contributed by atoms with Gasteiger partial charge in [-0.25, -0.2) is 9.97 Å². The third kappa shape index (κ3) is 4.13. The number of nitrogens with zero attached hydrogens (tertiary/aromatic N) is 6. The van der Waals surface area contributed by atoms with Crippen LogP contribution in [-0.4, -0.2) is 60.8 Å². The molecule has 1 aromatic carbocycles. The van der Waals surface area contributed by atoms with Gasteiger partial charge in [0.2, 0.25) is 0 Å². The van der Waals surface area contributed by atoms with E-state index in [9.17, 15) is 18.0 Å². The van der Waals surface area contributed by atoms with E-state index < -0.39 is 6.36 Å². The summed E-state index contributed by atoms with van der Waals surface area (Å²) < 4.78 is 43.2. The number of carbonyl (C=O) groups is 1. The number of nitrogens with one attached hydrogen (secondary N) is 1. The van der Waals surface area contributed by atoms with Gasteiger partial charge in [0.1, 0.15) is 11.4 Å². The number of halogens is 3. The van der Waals surface area contributed by atoms with Gasteiger partial charge in [0, 0.05) is 42.1 Å². The molecular weight excluding hydrogens is 427 g/mol. The standard InChI is InChI=1S/C20H18F3N7O2/c21-20(22,23)32-16-3-1-2-12(6-16)18-25-8-13-10-30(19(31)17(13)27-18)15-7-14(24-9-15)11-29-5-4-26-28-29/h1-6,8,14-15,24H,7,9-11H2/t14-,15+/m0/s1. The second-order valence-electron chi connectivity index (χ2n) is 7.70. The van der Waals surface area contributed by atoms with E-state index in [1.165, 1.54) is 18.2 Å². The van der Waals surface area contributed by atoms with Crippen molar-refractivity contribution in [1.29, 1.82) is 0 Å². The minimum Gasteiger partial charge on any atom is -0.406 e. The molecule has 0 saturated carbocycles. The maximum absolute atomic E-state index is 13.1. The fraction of sp³-hybridized carbons (Fsp3) is 0.350. The van der Waals surface area contributed by atoms with Gasteiger partial charge in [0.15, 0.2) is 5.82 Å². The van der Waals surface area contributed by atoms with Gasteiger partial charge >= 0.3 is 6.36 Å². The van der Waals surface area contributed by atoms with Crippen molar-refractivity contribution in [2.24, 2.45) is 0 Å². The zero-order valence-electron chi connectivity index (χ0n) is 16.7. The monoisotopic (exact) mass is 445 g/mol. The van der Waals surface area contributed by atoms with Crippen LogP contribution in [0.4, 0.5) is 13.2 Å². The number of fused-ring (bicyclic) bond motifs is 1. The lowest BCUT2D eigenvalue weighted by Crippen LogP contribution is -2.37. The van der Waals surface area contributed by atoms with Crippen molar-refractivity contribution in [3.05, 3.63) is 54.1 Å². The number of hydrogen-bond acceptors (Lipinski definition) is 7. The molecule has 2 aliphatic heterocycles. The zero-order chi connectivity index (χ0) is 22.3. The first-order valence-electron chi connectivity index (χ1n) is 9.96. The van der Waals surface area contributed by atoms with E-state index in [2.05, 4.69) is 30.3 Å². The highest BCUT2D eigenvalue weighted by Crippen LogP contribution is 2.30. The van der Waals surface area contributed by atoms with Gasteiger partial charge < -0.3 is 15.0 Å². The molecule has 1 N–H and O–H groups in total. The summed E-state index contributed by atoms with van der Waals surface area (Å²) in [6, 6.07) is 5.54. The fourth-order valence-electron chi connectivity index (χ4n) is 4.10. The Labute approximate surface area is 180 Å². The Kier molecular flexibility index (Phi) is 5.00. The summed E-state index contributed by atoms with van der Waals surface area (Å²) in [7, 11) is 0. The molecule has 1 saturated heterocycles. The zero-order valence-corrected chi connectivity index (χ0v) is 16.7. The summed E-state index contributed by atoms with van der Waals surface area (Å²) in [5, 5.41) is 11.2. The van der Waals surface area contributed by atoms with Crippen LogP contribution in [0.15, 0.2) is 42.9 Å². The highest BCUT2D eigenvalue weighted by atomic mass is 19.4. The minimum atomic E-state index is -4.80. The smallest absolute Gasteiger partial charge is 0.406 e. The predicted octanol–water partition coefficient (Wildman–Crippen LogP) is 2.02. The largest absolute Gasteiger partial charge is 0.573 e. The van der Waals surface area contributed by atoms with Gasteiger partial charge in [-0.2, -0.15) is 0 Å². The number of alkyl halides is 3. The lowest BCUT2D eigenvalue weighted by atomic mass is 10.1. The van der Waals surface area contributed by atoms with Gasteiger partial charge in [0.25, 0.3) is 5.91 Å². The highest BCUT2D eigenvalue weighted by Gasteiger charge is 2.38. The van der Waals surface area contributed by atoms with Gasteiger partial charge in [-0.1, -0.05) is 17.3 Å². The number of rotatable bonds is 5. The molecule has 0 spiro atoms. The van der Waals surface area contributed by atoms with Crippen molar-refractivity contribution in [1.82, 2.24) is 35.2 Å². The van der Waals surface area contributed by atoms with Crippen LogP contribution in [0.1, 0.15) is 22.5 Å². The second-order valence-corrected chi connectivity index (χ2v) is 7.70. The van der Waals surface area contributed by atoms with Crippen LogP contribution in [0, 0.1) is 0 Å². The number of benzene rings is 1. The van der Waals surface area contributed by atoms with Crippen molar-refractivity contribution >= 4 is 5.91 Å². The van der Waals surface area contributed by atoms with Gasteiger partial charge in [-0.15, -0.1) is 18.3 Å². The Hall–Kier alpha value is -3.54. The van der Waals surface area contributed by atoms with Crippen LogP contribution in [0.5, 0.6) is 5.75 Å². The molecule has 2 aromatic heterocycles. The fourth-order valence-corrected chi connectivity index (χ4v) is 4.10. The van der Waals surface area contributed by atoms with E-state index in [0.717, 1.165) is 6.42 Å². The molecular formula is C20H18F3N7O2. The van der Waals surface area contributed by atoms with E-state index in [1.807, 2.05) is 0 Å². The predicted molar refractivity (Wildman–Crippen MR) is 104 cm³/mol. The van der Waals surface area contributed by atoms with Crippen molar-refractivity contribution in [2.75, 3.05) is 6.54 Å². The molecule has 0 aliphatic carbocycles. The van der Waals surface area contributed by atoms with Crippen molar-refractivity contribution < 1.29 is 22.7 Å². The molecule has 3 aromatic rings. The third-order valence-electron chi connectivity index (χ3n) is 5.51. The van der Waals surface area contributed by atoms with Crippen LogP contribution >= 0.6 is 0 Å². The number of hydrogen-bond donors (Lipinski definition) is 1. The molecule has 2 atom stereocenters. The molecule has 0 bridgehead atoms. The van der Waals surface area contributed by atoms with E-state index in [0.29, 0.717) is 30.8 Å². The van der Waals surface area contributed by atoms with Gasteiger partial charge in [0.05, 0.1) is 19.3 Å². The SMILES string of the molecule is O=C1c2nc(-c3cccc(OC(F)(F)F)c3)ncc2CN1[C@H]1CN[C@H](Cn2ccnn2)C1. The van der Waals surface area contributed by atoms with Crippen LogP contribution in [0.2, 0.25) is 0 Å². The molecule has 4 heterocycles. The Morgan fingerprint density at radius 1 is 1.28 bits per heavy atom. The summed E-state index contributed by atoms with van der Waals surface area (Å²) in [6.07, 6.45) is 0.930. The Bertz CT molecular complexity index is 1140. The van der Waals surface area contributed by atoms with Crippen LogP contribution in [0.3, 0.4) is 0 Å². The first-order valence-corrected chi connectivity index (χ1v) is 9.96. The molecule has 0 radical (unpaired) electrons. The Morgan fingerprint density at radius 3 is 2.94 bits per heavy atom. The lowest BCUT2D eigenvalue weighted by Gasteiger charge is -2.22. The quantitative estimate of drug-likeness (QED) is 0.642. The molecule has 1 amide bonds. The van der Waals surface area contributed by atoms with Crippen molar-refractivity contribution in [2.45, 2.75) is 38.0 Å². The van der Waals surface area contributed by atoms with Crippen LogP contribution in [0.25, 0.3) is 11.4 Å². The maximum Gasteiger partial charge on any atom is 0.573 e. The number of amides is 1. The number of aromatic nitrogens is 5. The summed E-state index contributed by atoms with van der Waals surface area (Å²) in [4.78, 5) is 23.4. The minimum absolute atomic E-state index is 0.00261. The molecule has 0 unspecified atom stereocenters. The summed E-state index contributed by atoms with van der Waals surface area (Å²) in [6.45, 7) is 1.70. The first-order chi connectivity index (χ1) is 15.4. The second kappa shape index (κ2) is 7.86. The van der Waals surface area contributed by atoms with E-state index in [4.69, 9.17) is 0 Å². The molecule has 12 heteroatoms. The van der Waals surface area contributed by atoms with E-state index >= 15 is 0 Å². The maximum atomic E-state index is 13.1.